The summed E-state index contributed by atoms with van der Waals surface area (Å²) in [4.78, 5) is 110. The third-order valence-electron chi connectivity index (χ3n) is 9.76. The van der Waals surface area contributed by atoms with Crippen LogP contribution >= 0.6 is 24.8 Å². The zero-order valence-corrected chi connectivity index (χ0v) is 50.9. The Balaban J connectivity index is 0. The first-order valence-electron chi connectivity index (χ1n) is 24.3. The number of carbonyl (C=O) groups is 9. The number of ether oxygens (including phenoxy) is 6. The highest BCUT2D eigenvalue weighted by atomic mass is 35.5. The number of rotatable bonds is 14. The summed E-state index contributed by atoms with van der Waals surface area (Å²) in [5.41, 5.74) is 7.76. The van der Waals surface area contributed by atoms with Crippen LogP contribution in [0.15, 0.2) is 49.2 Å². The predicted molar refractivity (Wildman–Crippen MR) is 300 cm³/mol. The number of nitrogens with two attached hydrogens (primary N) is 1. The monoisotopic (exact) mass is 1170 g/mol. The topological polar surface area (TPSA) is 306 Å². The van der Waals surface area contributed by atoms with Crippen LogP contribution in [0.3, 0.4) is 0 Å². The number of nitrogens with zero attached hydrogens (tertiary/aromatic N) is 7. The number of nitrogen functional groups attached to an aromatic ring is 1. The highest BCUT2D eigenvalue weighted by Gasteiger charge is 2.23. The van der Waals surface area contributed by atoms with Crippen molar-refractivity contribution in [2.45, 2.75) is 125 Å². The minimum atomic E-state index is -1.01. The van der Waals surface area contributed by atoms with Crippen LogP contribution in [0.1, 0.15) is 158 Å². The number of imidazole rings is 2. The van der Waals surface area contributed by atoms with Crippen LogP contribution in [0, 0.1) is 0 Å². The highest BCUT2D eigenvalue weighted by molar-refractivity contribution is 5.96. The SMILES string of the molecule is CCC(C)=O.COC(=O)c1cc(N)cn1C.COC(=O)c1nc(CC(=O)OC(C)(C)C)cn1C.COC(=O)c1nc(CC(=O)c2cc(CC(=O)OC(C)(C)C)cn2C)cn1C.Cl.Cl.Cn1cc(CC(=O)OC(C)(C)C)cc1C(=O)O. The van der Waals surface area contributed by atoms with Gasteiger partial charge in [0.25, 0.3) is 0 Å². The van der Waals surface area contributed by atoms with Gasteiger partial charge in [0, 0.05) is 72.6 Å². The number of anilines is 1. The number of hydrogen-bond acceptors (Lipinski definition) is 18. The van der Waals surface area contributed by atoms with Crippen molar-refractivity contribution in [3.05, 3.63) is 100 Å². The summed E-state index contributed by atoms with van der Waals surface area (Å²) in [7, 11) is 12.3. The Bertz CT molecular complexity index is 2900. The molecule has 5 aromatic heterocycles. The normalized spacial score (nSPS) is 10.5. The van der Waals surface area contributed by atoms with Crippen LogP contribution in [-0.2, 0) is 109 Å². The lowest BCUT2D eigenvalue weighted by Crippen LogP contribution is -2.25. The zero-order valence-electron chi connectivity index (χ0n) is 49.2. The maximum atomic E-state index is 12.6. The molecule has 24 nitrogen and oxygen atoms in total. The summed E-state index contributed by atoms with van der Waals surface area (Å²) in [6, 6.07) is 4.73. The van der Waals surface area contributed by atoms with Gasteiger partial charge in [-0.05, 0) is 98.6 Å². The molecule has 446 valence electrons. The molecule has 0 aliphatic heterocycles. The molecule has 0 saturated heterocycles. The number of esters is 6. The van der Waals surface area contributed by atoms with E-state index in [0.717, 1.165) is 0 Å². The molecule has 0 spiro atoms. The molecule has 0 aromatic carbocycles. The molecule has 0 aliphatic rings. The Kier molecular flexibility index (Phi) is 30.7. The molecule has 0 bridgehead atoms. The second kappa shape index (κ2) is 33.0. The van der Waals surface area contributed by atoms with E-state index < -0.39 is 34.7 Å². The van der Waals surface area contributed by atoms with Crippen molar-refractivity contribution >= 4 is 83.9 Å². The van der Waals surface area contributed by atoms with E-state index in [9.17, 15) is 43.2 Å². The Hall–Kier alpha value is -7.73. The Labute approximate surface area is 479 Å². The molecule has 5 heterocycles. The number of ketones is 2. The van der Waals surface area contributed by atoms with Crippen LogP contribution < -0.4 is 5.73 Å². The molecule has 3 N–H and O–H groups in total. The van der Waals surface area contributed by atoms with E-state index in [2.05, 4.69) is 24.2 Å². The molecule has 0 radical (unpaired) electrons. The number of aromatic nitrogens is 7. The van der Waals surface area contributed by atoms with E-state index >= 15 is 0 Å². The summed E-state index contributed by atoms with van der Waals surface area (Å²) in [6.45, 7) is 19.6. The lowest BCUT2D eigenvalue weighted by atomic mass is 10.1. The van der Waals surface area contributed by atoms with Crippen molar-refractivity contribution in [3.63, 3.8) is 0 Å². The van der Waals surface area contributed by atoms with Crippen molar-refractivity contribution in [1.82, 2.24) is 32.8 Å². The van der Waals surface area contributed by atoms with Gasteiger partial charge in [0.05, 0.1) is 69.8 Å². The molecule has 80 heavy (non-hydrogen) atoms. The molecule has 5 aromatic rings. The van der Waals surface area contributed by atoms with E-state index in [1.165, 1.54) is 41.1 Å². The average Bonchev–Trinajstić information content (AvgIpc) is 4.12. The fraction of sp³-hybridized carbons (Fsp3) is 0.500. The van der Waals surface area contributed by atoms with Gasteiger partial charge < -0.3 is 66.9 Å². The van der Waals surface area contributed by atoms with Crippen LogP contribution in [0.25, 0.3) is 0 Å². The molecule has 5 rings (SSSR count). The first-order chi connectivity index (χ1) is 35.8. The number of Topliss-reactive ketones (excluding diaryl/α,β-unsaturated/α-hetero) is 2. The number of carbonyl (C=O) groups excluding carboxylic acids is 8. The molecule has 0 atom stereocenters. The largest absolute Gasteiger partial charge is 0.477 e. The highest BCUT2D eigenvalue weighted by Crippen LogP contribution is 2.17. The molecule has 0 saturated carbocycles. The second-order valence-electron chi connectivity index (χ2n) is 20.5. The number of carboxylic acids is 1. The van der Waals surface area contributed by atoms with Crippen molar-refractivity contribution in [3.8, 4) is 0 Å². The summed E-state index contributed by atoms with van der Waals surface area (Å²) < 4.78 is 37.2. The van der Waals surface area contributed by atoms with Gasteiger partial charge in [-0.3, -0.25) is 19.2 Å². The standard InChI is InChI=1S/C19H25N3O5.C12H18N2O4.C12H17NO4.C7H10N2O2.C4H8O.2ClH/c1-19(2,3)27-16(24)8-12-7-14(21(4)10-12)15(23)9-13-11-22(5)17(20-13)18(25)26-6;1-12(2,3)18-9(15)6-8-7-14(4)10(13-8)11(16)17-5;1-12(2,3)17-10(14)6-8-5-9(11(15)16)13(4)7-8;1-9-4-5(8)3-6(9)7(10)11-2;1-3-4(2)5;;/h7,10-11H,8-9H2,1-6H3;7H,6H2,1-5H3;5,7H,6H2,1-4H3,(H,15,16);3-4H,8H2,1-2H3;3H2,1-2H3;2*1H. The van der Waals surface area contributed by atoms with Gasteiger partial charge in [-0.2, -0.15) is 0 Å². The van der Waals surface area contributed by atoms with Gasteiger partial charge >= 0.3 is 41.8 Å². The third kappa shape index (κ3) is 27.2. The van der Waals surface area contributed by atoms with E-state index in [-0.39, 0.29) is 103 Å². The summed E-state index contributed by atoms with van der Waals surface area (Å²) in [6.07, 6.45) is 9.14. The number of carboxylic acid groups (broad SMARTS) is 1. The van der Waals surface area contributed by atoms with Crippen molar-refractivity contribution in [1.29, 1.82) is 0 Å². The Morgan fingerprint density at radius 1 is 0.500 bits per heavy atom. The number of methoxy groups -OCH3 is 3. The first-order valence-corrected chi connectivity index (χ1v) is 24.3. The summed E-state index contributed by atoms with van der Waals surface area (Å²) in [5, 5.41) is 8.86. The lowest BCUT2D eigenvalue weighted by Gasteiger charge is -2.19. The number of hydrogen-bond donors (Lipinski definition) is 2. The van der Waals surface area contributed by atoms with Crippen LogP contribution in [0.5, 0.6) is 0 Å². The second-order valence-corrected chi connectivity index (χ2v) is 20.5. The third-order valence-corrected chi connectivity index (χ3v) is 9.76. The Morgan fingerprint density at radius 3 is 1.15 bits per heavy atom. The van der Waals surface area contributed by atoms with Crippen LogP contribution in [-0.4, -0.2) is 129 Å². The van der Waals surface area contributed by atoms with Crippen molar-refractivity contribution in [2.24, 2.45) is 35.2 Å². The fourth-order valence-electron chi connectivity index (χ4n) is 6.50. The molecular weight excluding hydrogens is 1090 g/mol. The number of aryl methyl sites for hydroxylation is 5. The van der Waals surface area contributed by atoms with E-state index in [1.807, 2.05) is 6.92 Å². The van der Waals surface area contributed by atoms with E-state index in [1.54, 1.807) is 157 Å². The van der Waals surface area contributed by atoms with Crippen LogP contribution in [0.2, 0.25) is 0 Å². The fourth-order valence-corrected chi connectivity index (χ4v) is 6.50. The van der Waals surface area contributed by atoms with E-state index in [0.29, 0.717) is 46.0 Å². The Morgan fingerprint density at radius 2 is 0.838 bits per heavy atom. The van der Waals surface area contributed by atoms with Gasteiger partial charge in [-0.15, -0.1) is 24.8 Å². The zero-order chi connectivity index (χ0) is 60.2. The molecule has 0 aliphatic carbocycles. The summed E-state index contributed by atoms with van der Waals surface area (Å²) >= 11 is 0. The molecule has 0 unspecified atom stereocenters. The average molecular weight is 1170 g/mol. The first kappa shape index (κ1) is 74.3. The van der Waals surface area contributed by atoms with Crippen LogP contribution in [0.4, 0.5) is 5.69 Å². The van der Waals surface area contributed by atoms with Gasteiger partial charge in [0.2, 0.25) is 11.6 Å². The number of halogens is 2. The van der Waals surface area contributed by atoms with E-state index in [4.69, 9.17) is 25.1 Å². The summed E-state index contributed by atoms with van der Waals surface area (Å²) in [5.74, 6) is -3.17. The molecule has 0 fully saturated rings. The van der Waals surface area contributed by atoms with Gasteiger partial charge in [0.15, 0.2) is 5.78 Å². The van der Waals surface area contributed by atoms with Gasteiger partial charge in [0.1, 0.15) is 34.0 Å². The maximum Gasteiger partial charge on any atom is 0.374 e. The minimum absolute atomic E-state index is 0. The quantitative estimate of drug-likeness (QED) is 0.0658. The minimum Gasteiger partial charge on any atom is -0.477 e. The molecule has 26 heteroatoms. The maximum absolute atomic E-state index is 12.6. The van der Waals surface area contributed by atoms with Gasteiger partial charge in [-0.1, -0.05) is 6.92 Å². The van der Waals surface area contributed by atoms with Crippen molar-refractivity contribution < 1.29 is 76.7 Å². The lowest BCUT2D eigenvalue weighted by molar-refractivity contribution is -0.155. The smallest absolute Gasteiger partial charge is 0.374 e. The van der Waals surface area contributed by atoms with Gasteiger partial charge in [-0.25, -0.2) is 29.1 Å². The number of aromatic carboxylic acids is 1. The van der Waals surface area contributed by atoms with Crippen molar-refractivity contribution in [2.75, 3.05) is 27.1 Å². The predicted octanol–water partition coefficient (Wildman–Crippen LogP) is 6.78. The molecule has 0 amide bonds. The molecular formula is C54H80Cl2N8O16.